The Morgan fingerprint density at radius 2 is 0.578 bits per heavy atom. The van der Waals surface area contributed by atoms with Crippen molar-refractivity contribution in [3.05, 3.63) is 516 Å². The highest BCUT2D eigenvalue weighted by molar-refractivity contribution is 6.63. The first-order chi connectivity index (χ1) is 62.5. The van der Waals surface area contributed by atoms with E-state index in [0.717, 1.165) is 84.6 Å². The predicted octanol–water partition coefficient (Wildman–Crippen LogP) is 29.0. The fraction of sp³-hybridized carbons (Fsp3) is 0.110. The quantitative estimate of drug-likeness (QED) is 0.0521. The molecule has 19 aromatic rings. The summed E-state index contributed by atoms with van der Waals surface area (Å²) < 4.78 is 0. The van der Waals surface area contributed by atoms with Crippen LogP contribution < -0.4 is 22.1 Å². The molecule has 0 heterocycles. The lowest BCUT2D eigenvalue weighted by Crippen LogP contribution is -2.29. The number of hydrogen-bond acceptors (Lipinski definition) is 7. The van der Waals surface area contributed by atoms with Crippen LogP contribution in [-0.4, -0.2) is 28.6 Å². The van der Waals surface area contributed by atoms with E-state index in [0.29, 0.717) is 18.4 Å². The third kappa shape index (κ3) is 26.4. The van der Waals surface area contributed by atoms with Crippen LogP contribution in [0.5, 0.6) is 0 Å². The average molecular weight is 1700 g/mol. The van der Waals surface area contributed by atoms with E-state index in [1.807, 2.05) is 250 Å². The van der Waals surface area contributed by atoms with Gasteiger partial charge in [-0.1, -0.05) is 422 Å². The Balaban J connectivity index is 0.000000136. The SMILES string of the molecule is CCC(=O)Cl.CCC(=O)c1ccc2ccccc2c1.CCC(N)c1ccc2ccccc2c1.CCC(NC(=O)c1ccccc1C)c1ccc2ccccc2c1.NC(c1ccccc1)c1ccc2ccccc2c1.O=C(NC(c1ccccc1)c1ccc2ccccc2c1)c1ccccc1.O=C(c1ccccc1)c1ccc2ccccc2c1.c1ccc2ccccc2c1. The van der Waals surface area contributed by atoms with E-state index in [4.69, 9.17) is 23.1 Å². The molecule has 0 bridgehead atoms. The smallest absolute Gasteiger partial charge is 0.252 e. The second-order valence-electron chi connectivity index (χ2n) is 30.9. The molecule has 2 amide bonds. The van der Waals surface area contributed by atoms with Crippen LogP contribution in [0.4, 0.5) is 0 Å². The van der Waals surface area contributed by atoms with Crippen molar-refractivity contribution in [3.63, 3.8) is 0 Å². The van der Waals surface area contributed by atoms with Gasteiger partial charge >= 0.3 is 0 Å². The maximum absolute atomic E-state index is 12.8. The number of nitrogens with one attached hydrogen (secondary N) is 2. The maximum Gasteiger partial charge on any atom is 0.252 e. The van der Waals surface area contributed by atoms with Gasteiger partial charge in [-0.25, -0.2) is 0 Å². The van der Waals surface area contributed by atoms with Crippen molar-refractivity contribution >= 4 is 116 Å². The number of amides is 2. The van der Waals surface area contributed by atoms with E-state index in [-0.39, 0.29) is 52.8 Å². The van der Waals surface area contributed by atoms with Gasteiger partial charge in [-0.3, -0.25) is 24.0 Å². The van der Waals surface area contributed by atoms with E-state index in [9.17, 15) is 24.0 Å². The minimum atomic E-state index is -0.273. The highest BCUT2D eigenvalue weighted by atomic mass is 35.5. The standard InChI is InChI=1S/C24H19NO.C21H21NO.C17H15N.C17H12O.C13H15N.C13H12O.C10H8.C3H5ClO/c26-24(20-12-5-2-6-13-20)25-23(19-10-3-1-4-11-19)22-16-15-18-9-7-8-14-21(18)17-22;1-3-20(22-21(23)19-11-7-4-8-15(19)2)18-13-12-16-9-5-6-10-17(16)14-18;2*18-17(14-7-2-1-3-8-14)16-11-10-13-6-4-5-9-15(13)12-16;2*1-2-13(14)12-8-7-10-5-3-4-6-11(10)9-12;1-2-6-10-8-4-3-7-9(10)5-1;1-2-3(4)5/h1-17,23H,(H,25,26);4-14,20H,3H2,1-2H3,(H,22,23);1-12,17H,18H2;1-12H;3-9,13H,2,14H2,1H3;3-9H,2H2,1H3;1-8H;2H2,1H3. The van der Waals surface area contributed by atoms with Gasteiger partial charge in [0, 0.05) is 46.7 Å². The molecular weight excluding hydrogens is 1590 g/mol. The van der Waals surface area contributed by atoms with Crippen molar-refractivity contribution in [1.82, 2.24) is 10.6 Å². The molecule has 0 aliphatic carbocycles. The molecule has 128 heavy (non-hydrogen) atoms. The summed E-state index contributed by atoms with van der Waals surface area (Å²) in [5.41, 5.74) is 23.8. The lowest BCUT2D eigenvalue weighted by Gasteiger charge is -2.20. The van der Waals surface area contributed by atoms with Crippen LogP contribution in [-0.2, 0) is 4.79 Å². The van der Waals surface area contributed by atoms with Gasteiger partial charge in [0.1, 0.15) is 0 Å². The van der Waals surface area contributed by atoms with Gasteiger partial charge in [-0.05, 0) is 200 Å². The van der Waals surface area contributed by atoms with Crippen LogP contribution in [0.2, 0.25) is 0 Å². The first kappa shape index (κ1) is 92.3. The van der Waals surface area contributed by atoms with E-state index < -0.39 is 0 Å². The molecule has 0 aliphatic heterocycles. The second kappa shape index (κ2) is 47.9. The van der Waals surface area contributed by atoms with Crippen LogP contribution in [0.15, 0.2) is 449 Å². The maximum atomic E-state index is 12.8. The summed E-state index contributed by atoms with van der Waals surface area (Å²) in [7, 11) is 0. The van der Waals surface area contributed by atoms with Crippen molar-refractivity contribution < 1.29 is 24.0 Å². The number of rotatable bonds is 17. The topological polar surface area (TPSA) is 161 Å². The Labute approximate surface area is 756 Å². The fourth-order valence-electron chi connectivity index (χ4n) is 14.8. The predicted molar refractivity (Wildman–Crippen MR) is 537 cm³/mol. The number of carbonyl (C=O) groups is 5. The molecule has 636 valence electrons. The summed E-state index contributed by atoms with van der Waals surface area (Å²) in [5.74, 6) is 0.188. The number of ketones is 2. The third-order valence-electron chi connectivity index (χ3n) is 22.1. The molecule has 6 N–H and O–H groups in total. The van der Waals surface area contributed by atoms with Gasteiger partial charge in [0.25, 0.3) is 11.8 Å². The molecular formula is C118H107ClN4O5. The first-order valence-corrected chi connectivity index (χ1v) is 43.9. The molecule has 0 radical (unpaired) electrons. The lowest BCUT2D eigenvalue weighted by molar-refractivity contribution is -0.111. The highest BCUT2D eigenvalue weighted by Crippen LogP contribution is 2.30. The van der Waals surface area contributed by atoms with Crippen LogP contribution >= 0.6 is 11.6 Å². The Morgan fingerprint density at radius 3 is 0.992 bits per heavy atom. The number of carbonyl (C=O) groups excluding carboxylic acids is 5. The zero-order valence-electron chi connectivity index (χ0n) is 72.9. The molecule has 0 aromatic heterocycles. The van der Waals surface area contributed by atoms with Crippen molar-refractivity contribution in [2.45, 2.75) is 84.5 Å². The zero-order chi connectivity index (χ0) is 89.8. The largest absolute Gasteiger partial charge is 0.345 e. The van der Waals surface area contributed by atoms with E-state index >= 15 is 0 Å². The second-order valence-corrected chi connectivity index (χ2v) is 31.3. The number of fused-ring (bicyclic) bond motifs is 7. The molecule has 4 unspecified atom stereocenters. The molecule has 10 heteroatoms. The van der Waals surface area contributed by atoms with Gasteiger partial charge in [-0.15, -0.1) is 0 Å². The van der Waals surface area contributed by atoms with Gasteiger partial charge in [0.05, 0.1) is 18.1 Å². The third-order valence-corrected chi connectivity index (χ3v) is 22.4. The van der Waals surface area contributed by atoms with Gasteiger partial charge in [0.15, 0.2) is 11.6 Å². The fourth-order valence-corrected chi connectivity index (χ4v) is 14.8. The highest BCUT2D eigenvalue weighted by Gasteiger charge is 2.20. The molecule has 0 fully saturated rings. The van der Waals surface area contributed by atoms with E-state index in [1.165, 1.54) is 64.8 Å². The van der Waals surface area contributed by atoms with Crippen molar-refractivity contribution in [3.8, 4) is 0 Å². The Bertz CT molecular complexity index is 6780. The van der Waals surface area contributed by atoms with E-state index in [1.54, 1.807) is 6.92 Å². The zero-order valence-corrected chi connectivity index (χ0v) is 73.7. The number of aryl methyl sites for hydroxylation is 1. The molecule has 0 saturated carbocycles. The molecule has 9 nitrogen and oxygen atoms in total. The summed E-state index contributed by atoms with van der Waals surface area (Å²) in [6.45, 7) is 9.77. The Hall–Kier alpha value is -14.8. The molecule has 0 saturated heterocycles. The normalized spacial score (nSPS) is 11.4. The number of hydrogen-bond donors (Lipinski definition) is 4. The summed E-state index contributed by atoms with van der Waals surface area (Å²) in [6.07, 6.45) is 2.84. The molecule has 19 aromatic carbocycles. The number of Topliss-reactive ketones (excluding diaryl/α,β-unsaturated/α-hetero) is 1. The van der Waals surface area contributed by atoms with Crippen LogP contribution in [0.1, 0.15) is 163 Å². The summed E-state index contributed by atoms with van der Waals surface area (Å²) in [4.78, 5) is 58.6. The molecule has 0 aliphatic rings. The van der Waals surface area contributed by atoms with Crippen molar-refractivity contribution in [2.75, 3.05) is 0 Å². The molecule has 0 spiro atoms. The van der Waals surface area contributed by atoms with Gasteiger partial charge in [-0.2, -0.15) is 0 Å². The minimum Gasteiger partial charge on any atom is -0.345 e. The lowest BCUT2D eigenvalue weighted by atomic mass is 9.96. The number of halogens is 1. The van der Waals surface area contributed by atoms with Crippen LogP contribution in [0.25, 0.3) is 75.4 Å². The van der Waals surface area contributed by atoms with Gasteiger partial charge < -0.3 is 22.1 Å². The van der Waals surface area contributed by atoms with Crippen molar-refractivity contribution in [2.24, 2.45) is 11.5 Å². The van der Waals surface area contributed by atoms with E-state index in [2.05, 4.69) is 237 Å². The summed E-state index contributed by atoms with van der Waals surface area (Å²) in [5, 5.41) is 23.1. The molecule has 19 rings (SSSR count). The first-order valence-electron chi connectivity index (χ1n) is 43.6. The summed E-state index contributed by atoms with van der Waals surface area (Å²) >= 11 is 4.82. The number of nitrogens with two attached hydrogens (primary N) is 2. The average Bonchev–Trinajstić information content (AvgIpc) is 0.816. The number of benzene rings is 19. The monoisotopic (exact) mass is 1690 g/mol. The van der Waals surface area contributed by atoms with Crippen molar-refractivity contribution in [1.29, 1.82) is 0 Å². The Kier molecular flexibility index (Phi) is 34.5. The summed E-state index contributed by atoms with van der Waals surface area (Å²) in [6, 6.07) is 150. The Morgan fingerprint density at radius 1 is 0.266 bits per heavy atom. The molecule has 4 atom stereocenters. The van der Waals surface area contributed by atoms with Gasteiger partial charge in [0.2, 0.25) is 5.24 Å². The van der Waals surface area contributed by atoms with Crippen LogP contribution in [0.3, 0.4) is 0 Å². The minimum absolute atomic E-state index is 0.0110. The van der Waals surface area contributed by atoms with Crippen LogP contribution in [0, 0.1) is 6.92 Å².